The molecule has 0 fully saturated rings. The van der Waals surface area contributed by atoms with E-state index in [2.05, 4.69) is 15.6 Å². The summed E-state index contributed by atoms with van der Waals surface area (Å²) in [4.78, 5) is 38.3. The van der Waals surface area contributed by atoms with Crippen LogP contribution in [0, 0.1) is 0 Å². The minimum atomic E-state index is -1.21. The van der Waals surface area contributed by atoms with Crippen molar-refractivity contribution in [1.29, 1.82) is 0 Å². The molecule has 0 spiro atoms. The summed E-state index contributed by atoms with van der Waals surface area (Å²) in [7, 11) is 0. The highest BCUT2D eigenvalue weighted by molar-refractivity contribution is 6.30. The van der Waals surface area contributed by atoms with Gasteiger partial charge in [0.05, 0.1) is 0 Å². The number of hydrogen-bond donors (Lipinski definition) is 4. The Morgan fingerprint density at radius 3 is 2.52 bits per heavy atom. The van der Waals surface area contributed by atoms with Gasteiger partial charge in [0.2, 0.25) is 5.56 Å². The van der Waals surface area contributed by atoms with Crippen LogP contribution in [-0.4, -0.2) is 28.1 Å². The van der Waals surface area contributed by atoms with Gasteiger partial charge in [0.15, 0.2) is 0 Å². The SMILES string of the molecule is O=C(Nc1ccc(Cl)cc1)NC(Cc1cc(=O)[nH]c2ccccc12)C(=O)O. The zero-order valence-electron chi connectivity index (χ0n) is 14.0. The van der Waals surface area contributed by atoms with Gasteiger partial charge in [0, 0.05) is 34.1 Å². The molecule has 3 aromatic rings. The quantitative estimate of drug-likeness (QED) is 0.541. The maximum atomic E-state index is 12.1. The average Bonchev–Trinajstić information content (AvgIpc) is 2.63. The molecule has 4 N–H and O–H groups in total. The first kappa shape index (κ1) is 18.5. The Labute approximate surface area is 159 Å². The number of hydrogen-bond acceptors (Lipinski definition) is 3. The van der Waals surface area contributed by atoms with Gasteiger partial charge in [-0.25, -0.2) is 9.59 Å². The van der Waals surface area contributed by atoms with Crippen molar-refractivity contribution in [2.24, 2.45) is 0 Å². The Morgan fingerprint density at radius 1 is 1.11 bits per heavy atom. The first-order chi connectivity index (χ1) is 12.9. The lowest BCUT2D eigenvalue weighted by molar-refractivity contribution is -0.139. The molecule has 2 aromatic carbocycles. The lowest BCUT2D eigenvalue weighted by Crippen LogP contribution is -2.44. The first-order valence-electron chi connectivity index (χ1n) is 8.09. The summed E-state index contributed by atoms with van der Waals surface area (Å²) < 4.78 is 0. The third kappa shape index (κ3) is 4.65. The van der Waals surface area contributed by atoms with E-state index in [1.807, 2.05) is 0 Å². The van der Waals surface area contributed by atoms with Crippen molar-refractivity contribution in [3.05, 3.63) is 75.5 Å². The van der Waals surface area contributed by atoms with Crippen LogP contribution in [0.5, 0.6) is 0 Å². The van der Waals surface area contributed by atoms with Crippen LogP contribution in [0.3, 0.4) is 0 Å². The van der Waals surface area contributed by atoms with Crippen molar-refractivity contribution < 1.29 is 14.7 Å². The standard InChI is InChI=1S/C19H16ClN3O4/c20-12-5-7-13(8-6-12)21-19(27)23-16(18(25)26)9-11-10-17(24)22-15-4-2-1-3-14(11)15/h1-8,10,16H,9H2,(H,22,24)(H,25,26)(H2,21,23,27). The van der Waals surface area contributed by atoms with E-state index in [0.29, 0.717) is 21.8 Å². The number of fused-ring (bicyclic) bond motifs is 1. The highest BCUT2D eigenvalue weighted by atomic mass is 35.5. The Kier molecular flexibility index (Phi) is 5.42. The van der Waals surface area contributed by atoms with E-state index in [-0.39, 0.29) is 12.0 Å². The molecule has 1 unspecified atom stereocenters. The number of carbonyl (C=O) groups is 2. The van der Waals surface area contributed by atoms with Crippen LogP contribution >= 0.6 is 11.6 Å². The van der Waals surface area contributed by atoms with E-state index in [1.54, 1.807) is 48.5 Å². The number of carbonyl (C=O) groups excluding carboxylic acids is 1. The summed E-state index contributed by atoms with van der Waals surface area (Å²) in [5, 5.41) is 15.7. The van der Waals surface area contributed by atoms with Crippen LogP contribution in [0.2, 0.25) is 5.02 Å². The highest BCUT2D eigenvalue weighted by Gasteiger charge is 2.22. The van der Waals surface area contributed by atoms with Crippen LogP contribution in [0.15, 0.2) is 59.4 Å². The number of aromatic amines is 1. The molecule has 8 heteroatoms. The van der Waals surface area contributed by atoms with Gasteiger partial charge in [-0.2, -0.15) is 0 Å². The van der Waals surface area contributed by atoms with Gasteiger partial charge in [-0.15, -0.1) is 0 Å². The summed E-state index contributed by atoms with van der Waals surface area (Å²) in [6, 6.07) is 13.0. The fraction of sp³-hybridized carbons (Fsp3) is 0.105. The molecule has 2 amide bonds. The minimum absolute atomic E-state index is 0.0339. The second-order valence-electron chi connectivity index (χ2n) is 5.90. The second-order valence-corrected chi connectivity index (χ2v) is 6.34. The van der Waals surface area contributed by atoms with Crippen LogP contribution in [0.1, 0.15) is 5.56 Å². The predicted molar refractivity (Wildman–Crippen MR) is 103 cm³/mol. The fourth-order valence-corrected chi connectivity index (χ4v) is 2.85. The number of pyridine rings is 1. The van der Waals surface area contributed by atoms with Gasteiger partial charge in [-0.05, 0) is 35.9 Å². The number of halogens is 1. The number of anilines is 1. The van der Waals surface area contributed by atoms with E-state index in [9.17, 15) is 19.5 Å². The van der Waals surface area contributed by atoms with Gasteiger partial charge in [-0.1, -0.05) is 29.8 Å². The van der Waals surface area contributed by atoms with Crippen LogP contribution in [0.4, 0.5) is 10.5 Å². The van der Waals surface area contributed by atoms with Crippen molar-refractivity contribution in [2.75, 3.05) is 5.32 Å². The molecule has 0 radical (unpaired) electrons. The lowest BCUT2D eigenvalue weighted by atomic mass is 10.0. The number of aliphatic carboxylic acids is 1. The van der Waals surface area contributed by atoms with Crippen molar-refractivity contribution in [1.82, 2.24) is 10.3 Å². The lowest BCUT2D eigenvalue weighted by Gasteiger charge is -2.16. The summed E-state index contributed by atoms with van der Waals surface area (Å²) in [5.41, 5.74) is 1.28. The molecule has 3 rings (SSSR count). The van der Waals surface area contributed by atoms with E-state index in [1.165, 1.54) is 6.07 Å². The monoisotopic (exact) mass is 385 g/mol. The number of urea groups is 1. The van der Waals surface area contributed by atoms with Crippen molar-refractivity contribution >= 4 is 40.2 Å². The number of rotatable bonds is 5. The zero-order valence-corrected chi connectivity index (χ0v) is 14.8. The van der Waals surface area contributed by atoms with Crippen molar-refractivity contribution in [3.8, 4) is 0 Å². The number of aromatic nitrogens is 1. The Morgan fingerprint density at radius 2 is 1.81 bits per heavy atom. The molecule has 0 bridgehead atoms. The van der Waals surface area contributed by atoms with E-state index >= 15 is 0 Å². The van der Waals surface area contributed by atoms with Crippen molar-refractivity contribution in [3.63, 3.8) is 0 Å². The minimum Gasteiger partial charge on any atom is -0.480 e. The second kappa shape index (κ2) is 7.92. The summed E-state index contributed by atoms with van der Waals surface area (Å²) in [6.45, 7) is 0. The Bertz CT molecular complexity index is 1050. The molecule has 1 heterocycles. The smallest absolute Gasteiger partial charge is 0.326 e. The molecule has 0 aliphatic heterocycles. The molecule has 138 valence electrons. The molecular weight excluding hydrogens is 370 g/mol. The molecule has 0 aliphatic rings. The molecule has 0 saturated carbocycles. The maximum absolute atomic E-state index is 12.1. The van der Waals surface area contributed by atoms with Gasteiger partial charge in [0.1, 0.15) is 6.04 Å². The van der Waals surface area contributed by atoms with Gasteiger partial charge in [-0.3, -0.25) is 4.79 Å². The third-order valence-electron chi connectivity index (χ3n) is 3.97. The van der Waals surface area contributed by atoms with Crippen LogP contribution < -0.4 is 16.2 Å². The molecule has 1 atom stereocenters. The molecule has 1 aromatic heterocycles. The Balaban J connectivity index is 1.78. The largest absolute Gasteiger partial charge is 0.480 e. The summed E-state index contributed by atoms with van der Waals surface area (Å²) in [5.74, 6) is -1.20. The molecule has 0 saturated heterocycles. The van der Waals surface area contributed by atoms with Crippen molar-refractivity contribution in [2.45, 2.75) is 12.5 Å². The number of nitrogens with one attached hydrogen (secondary N) is 3. The number of carboxylic acid groups (broad SMARTS) is 1. The third-order valence-corrected chi connectivity index (χ3v) is 4.22. The van der Waals surface area contributed by atoms with E-state index < -0.39 is 18.0 Å². The Hall–Kier alpha value is -3.32. The van der Waals surface area contributed by atoms with Gasteiger partial charge >= 0.3 is 12.0 Å². The highest BCUT2D eigenvalue weighted by Crippen LogP contribution is 2.17. The molecule has 7 nitrogen and oxygen atoms in total. The van der Waals surface area contributed by atoms with E-state index in [4.69, 9.17) is 11.6 Å². The molecular formula is C19H16ClN3O4. The first-order valence-corrected chi connectivity index (χ1v) is 8.47. The predicted octanol–water partition coefficient (Wildman–Crippen LogP) is 3.00. The zero-order chi connectivity index (χ0) is 19.4. The molecule has 27 heavy (non-hydrogen) atoms. The van der Waals surface area contributed by atoms with Gasteiger partial charge in [0.25, 0.3) is 0 Å². The number of H-pyrrole nitrogens is 1. The number of carboxylic acids is 1. The summed E-state index contributed by atoms with van der Waals surface area (Å²) in [6.07, 6.45) is -0.0339. The number of benzene rings is 2. The van der Waals surface area contributed by atoms with Crippen LogP contribution in [0.25, 0.3) is 10.9 Å². The fourth-order valence-electron chi connectivity index (χ4n) is 2.72. The molecule has 0 aliphatic carbocycles. The van der Waals surface area contributed by atoms with Gasteiger partial charge < -0.3 is 20.7 Å². The summed E-state index contributed by atoms with van der Waals surface area (Å²) >= 11 is 5.79. The normalized spacial score (nSPS) is 11.7. The average molecular weight is 386 g/mol. The number of para-hydroxylation sites is 1. The van der Waals surface area contributed by atoms with E-state index in [0.717, 1.165) is 5.39 Å². The van der Waals surface area contributed by atoms with Crippen LogP contribution in [-0.2, 0) is 11.2 Å². The maximum Gasteiger partial charge on any atom is 0.326 e. The number of amides is 2. The topological polar surface area (TPSA) is 111 Å².